The molecule has 0 aromatic rings. The molecule has 1 heterocycles. The van der Waals surface area contributed by atoms with Crippen molar-refractivity contribution in [2.24, 2.45) is 5.73 Å². The second-order valence-electron chi connectivity index (χ2n) is 3.04. The van der Waals surface area contributed by atoms with Crippen LogP contribution >= 0.6 is 0 Å². The first-order chi connectivity index (χ1) is 5.22. The van der Waals surface area contributed by atoms with Gasteiger partial charge in [0.1, 0.15) is 12.3 Å². The molecule has 1 saturated heterocycles. The van der Waals surface area contributed by atoms with Crippen molar-refractivity contribution in [2.45, 2.75) is 37.6 Å². The van der Waals surface area contributed by atoms with Gasteiger partial charge in [-0.25, -0.2) is 0 Å². The summed E-state index contributed by atoms with van der Waals surface area (Å²) < 4.78 is 0. The molecule has 0 spiro atoms. The highest BCUT2D eigenvalue weighted by Gasteiger charge is 2.24. The average molecular weight is 160 g/mol. The topological polar surface area (TPSA) is 78.5 Å². The van der Waals surface area contributed by atoms with Gasteiger partial charge < -0.3 is 21.3 Å². The standard InChI is InChI=1S/C7H16N2O2/c8-7(11)6(10)5-3-1-2-4-9-5/h5-7,9-11H,1-4,8H2. The molecule has 4 heteroatoms. The van der Waals surface area contributed by atoms with Gasteiger partial charge in [-0.3, -0.25) is 0 Å². The minimum Gasteiger partial charge on any atom is -0.387 e. The molecule has 0 aromatic heterocycles. The van der Waals surface area contributed by atoms with Crippen LogP contribution in [-0.2, 0) is 0 Å². The fourth-order valence-electron chi connectivity index (χ4n) is 1.41. The molecule has 3 unspecified atom stereocenters. The Hall–Kier alpha value is -0.160. The predicted molar refractivity (Wildman–Crippen MR) is 41.8 cm³/mol. The Morgan fingerprint density at radius 3 is 2.55 bits per heavy atom. The van der Waals surface area contributed by atoms with E-state index in [-0.39, 0.29) is 6.04 Å². The average Bonchev–Trinajstić information content (AvgIpc) is 2.05. The van der Waals surface area contributed by atoms with Crippen molar-refractivity contribution in [2.75, 3.05) is 6.54 Å². The number of nitrogens with two attached hydrogens (primary N) is 1. The van der Waals surface area contributed by atoms with E-state index in [9.17, 15) is 5.11 Å². The van der Waals surface area contributed by atoms with Crippen molar-refractivity contribution in [3.05, 3.63) is 0 Å². The molecule has 0 aromatic carbocycles. The number of aliphatic hydroxyl groups is 2. The predicted octanol–water partition coefficient (Wildman–Crippen LogP) is -1.23. The van der Waals surface area contributed by atoms with Gasteiger partial charge >= 0.3 is 0 Å². The number of nitrogens with one attached hydrogen (secondary N) is 1. The molecular weight excluding hydrogens is 144 g/mol. The van der Waals surface area contributed by atoms with Crippen LogP contribution in [0.2, 0.25) is 0 Å². The third kappa shape index (κ3) is 2.41. The van der Waals surface area contributed by atoms with Gasteiger partial charge in [0.25, 0.3) is 0 Å². The highest BCUT2D eigenvalue weighted by Crippen LogP contribution is 2.10. The molecule has 3 atom stereocenters. The normalized spacial score (nSPS) is 31.4. The first kappa shape index (κ1) is 8.93. The summed E-state index contributed by atoms with van der Waals surface area (Å²) in [5.41, 5.74) is 5.13. The Morgan fingerprint density at radius 2 is 2.09 bits per heavy atom. The number of hydrogen-bond acceptors (Lipinski definition) is 4. The van der Waals surface area contributed by atoms with E-state index in [1.165, 1.54) is 0 Å². The van der Waals surface area contributed by atoms with E-state index in [1.807, 2.05) is 0 Å². The lowest BCUT2D eigenvalue weighted by Crippen LogP contribution is -2.51. The van der Waals surface area contributed by atoms with Crippen molar-refractivity contribution in [1.29, 1.82) is 0 Å². The second kappa shape index (κ2) is 4.01. The molecule has 0 saturated carbocycles. The summed E-state index contributed by atoms with van der Waals surface area (Å²) in [6, 6.07) is -0.0243. The third-order valence-corrected chi connectivity index (χ3v) is 2.11. The molecule has 0 bridgehead atoms. The summed E-state index contributed by atoms with van der Waals surface area (Å²) in [5, 5.41) is 21.3. The zero-order valence-corrected chi connectivity index (χ0v) is 6.53. The highest BCUT2D eigenvalue weighted by molar-refractivity contribution is 4.81. The Morgan fingerprint density at radius 1 is 1.36 bits per heavy atom. The number of rotatable bonds is 2. The molecule has 5 N–H and O–H groups in total. The summed E-state index contributed by atoms with van der Waals surface area (Å²) in [6.45, 7) is 0.911. The van der Waals surface area contributed by atoms with Crippen LogP contribution in [0.4, 0.5) is 0 Å². The van der Waals surface area contributed by atoms with E-state index in [4.69, 9.17) is 10.8 Å². The molecule has 1 fully saturated rings. The van der Waals surface area contributed by atoms with E-state index in [0.29, 0.717) is 0 Å². The summed E-state index contributed by atoms with van der Waals surface area (Å²) in [5.74, 6) is 0. The monoisotopic (exact) mass is 160 g/mol. The fraction of sp³-hybridized carbons (Fsp3) is 1.00. The molecule has 0 aliphatic carbocycles. The molecule has 1 aliphatic heterocycles. The maximum atomic E-state index is 9.31. The zero-order chi connectivity index (χ0) is 8.27. The maximum absolute atomic E-state index is 9.31. The summed E-state index contributed by atoms with van der Waals surface area (Å²) in [6.07, 6.45) is 1.20. The molecule has 4 nitrogen and oxygen atoms in total. The van der Waals surface area contributed by atoms with E-state index < -0.39 is 12.3 Å². The lowest BCUT2D eigenvalue weighted by atomic mass is 9.99. The number of aliphatic hydroxyl groups excluding tert-OH is 2. The third-order valence-electron chi connectivity index (χ3n) is 2.11. The quantitative estimate of drug-likeness (QED) is 0.381. The second-order valence-corrected chi connectivity index (χ2v) is 3.04. The maximum Gasteiger partial charge on any atom is 0.130 e. The van der Waals surface area contributed by atoms with E-state index in [1.54, 1.807) is 0 Å². The highest BCUT2D eigenvalue weighted by atomic mass is 16.3. The Balaban J connectivity index is 2.32. The van der Waals surface area contributed by atoms with Crippen molar-refractivity contribution in [3.8, 4) is 0 Å². The van der Waals surface area contributed by atoms with Crippen molar-refractivity contribution in [1.82, 2.24) is 5.32 Å². The van der Waals surface area contributed by atoms with Crippen LogP contribution in [0, 0.1) is 0 Å². The van der Waals surface area contributed by atoms with Crippen LogP contribution in [0.5, 0.6) is 0 Å². The molecule has 0 radical (unpaired) electrons. The molecule has 11 heavy (non-hydrogen) atoms. The SMILES string of the molecule is NC(O)C(O)C1CCCCN1. The van der Waals surface area contributed by atoms with Gasteiger partial charge in [0.2, 0.25) is 0 Å². The van der Waals surface area contributed by atoms with Gasteiger partial charge in [-0.2, -0.15) is 0 Å². The van der Waals surface area contributed by atoms with Crippen LogP contribution in [0.15, 0.2) is 0 Å². The van der Waals surface area contributed by atoms with E-state index >= 15 is 0 Å². The molecule has 1 rings (SSSR count). The summed E-state index contributed by atoms with van der Waals surface area (Å²) in [7, 11) is 0. The van der Waals surface area contributed by atoms with Gasteiger partial charge in [-0.15, -0.1) is 0 Å². The van der Waals surface area contributed by atoms with E-state index in [2.05, 4.69) is 5.32 Å². The van der Waals surface area contributed by atoms with Gasteiger partial charge in [0.05, 0.1) is 0 Å². The Bertz CT molecular complexity index is 113. The van der Waals surface area contributed by atoms with Gasteiger partial charge in [0.15, 0.2) is 0 Å². The van der Waals surface area contributed by atoms with Crippen molar-refractivity contribution in [3.63, 3.8) is 0 Å². The summed E-state index contributed by atoms with van der Waals surface area (Å²) in [4.78, 5) is 0. The summed E-state index contributed by atoms with van der Waals surface area (Å²) >= 11 is 0. The lowest BCUT2D eigenvalue weighted by molar-refractivity contribution is -0.00572. The Kier molecular flexibility index (Phi) is 3.26. The van der Waals surface area contributed by atoms with Gasteiger partial charge in [-0.1, -0.05) is 6.42 Å². The molecule has 0 amide bonds. The number of hydrogen-bond donors (Lipinski definition) is 4. The first-order valence-corrected chi connectivity index (χ1v) is 4.07. The minimum absolute atomic E-state index is 0.0243. The molecule has 66 valence electrons. The molecular formula is C7H16N2O2. The molecule has 1 aliphatic rings. The minimum atomic E-state index is -1.12. The zero-order valence-electron chi connectivity index (χ0n) is 6.53. The lowest BCUT2D eigenvalue weighted by Gasteiger charge is -2.29. The van der Waals surface area contributed by atoms with Crippen molar-refractivity contribution < 1.29 is 10.2 Å². The van der Waals surface area contributed by atoms with Gasteiger partial charge in [0, 0.05) is 6.04 Å². The van der Waals surface area contributed by atoms with Crippen LogP contribution in [0.3, 0.4) is 0 Å². The van der Waals surface area contributed by atoms with Crippen LogP contribution in [0.25, 0.3) is 0 Å². The fourth-order valence-corrected chi connectivity index (χ4v) is 1.41. The van der Waals surface area contributed by atoms with E-state index in [0.717, 1.165) is 25.8 Å². The largest absolute Gasteiger partial charge is 0.387 e. The smallest absolute Gasteiger partial charge is 0.130 e. The van der Waals surface area contributed by atoms with Crippen LogP contribution in [0.1, 0.15) is 19.3 Å². The number of piperidine rings is 1. The Labute approximate surface area is 66.4 Å². The first-order valence-electron chi connectivity index (χ1n) is 4.07. The van der Waals surface area contributed by atoms with Crippen LogP contribution in [-0.4, -0.2) is 35.1 Å². The van der Waals surface area contributed by atoms with Crippen LogP contribution < -0.4 is 11.1 Å². The van der Waals surface area contributed by atoms with Crippen molar-refractivity contribution >= 4 is 0 Å². The van der Waals surface area contributed by atoms with Gasteiger partial charge in [-0.05, 0) is 19.4 Å².